The summed E-state index contributed by atoms with van der Waals surface area (Å²) >= 11 is 5.94. The highest BCUT2D eigenvalue weighted by Crippen LogP contribution is 2.25. The Bertz CT molecular complexity index is 932. The van der Waals surface area contributed by atoms with Gasteiger partial charge in [0.1, 0.15) is 5.82 Å². The molecule has 6 heteroatoms. The van der Waals surface area contributed by atoms with Gasteiger partial charge in [-0.05, 0) is 55.3 Å². The summed E-state index contributed by atoms with van der Waals surface area (Å²) < 4.78 is 0. The van der Waals surface area contributed by atoms with Gasteiger partial charge in [-0.2, -0.15) is 5.10 Å². The molecule has 3 aromatic rings. The first-order valence-corrected chi connectivity index (χ1v) is 8.13. The van der Waals surface area contributed by atoms with Gasteiger partial charge in [0.25, 0.3) is 0 Å². The Kier molecular flexibility index (Phi) is 4.95. The minimum atomic E-state index is -0.234. The number of carbonyl (C=O) groups is 1. The topological polar surface area (TPSA) is 70.7 Å². The molecule has 3 rings (SSSR count). The SMILES string of the molecule is Cc1cc(Cl)ccc1C=CC(=O)Nc1[nH]nc(-c2ccncc2)c1C. The van der Waals surface area contributed by atoms with Crippen molar-refractivity contribution in [3.8, 4) is 11.3 Å². The Labute approximate surface area is 150 Å². The number of rotatable bonds is 4. The van der Waals surface area contributed by atoms with Crippen molar-refractivity contribution in [1.29, 1.82) is 0 Å². The Hall–Kier alpha value is -2.92. The van der Waals surface area contributed by atoms with Crippen LogP contribution in [0.5, 0.6) is 0 Å². The third-order valence-electron chi connectivity index (χ3n) is 3.86. The fourth-order valence-corrected chi connectivity index (χ4v) is 2.69. The zero-order chi connectivity index (χ0) is 17.8. The van der Waals surface area contributed by atoms with Crippen molar-refractivity contribution in [1.82, 2.24) is 15.2 Å². The van der Waals surface area contributed by atoms with Gasteiger partial charge in [-0.15, -0.1) is 0 Å². The van der Waals surface area contributed by atoms with E-state index < -0.39 is 0 Å². The number of benzene rings is 1. The fraction of sp³-hybridized carbons (Fsp3) is 0.105. The van der Waals surface area contributed by atoms with Gasteiger partial charge in [0, 0.05) is 34.6 Å². The van der Waals surface area contributed by atoms with Gasteiger partial charge in [0.05, 0.1) is 5.69 Å². The van der Waals surface area contributed by atoms with Crippen LogP contribution in [0.3, 0.4) is 0 Å². The van der Waals surface area contributed by atoms with E-state index in [1.54, 1.807) is 24.5 Å². The number of aromatic amines is 1. The minimum absolute atomic E-state index is 0.234. The number of hydrogen-bond donors (Lipinski definition) is 2. The molecule has 0 saturated heterocycles. The van der Waals surface area contributed by atoms with E-state index in [9.17, 15) is 4.79 Å². The molecule has 2 aromatic heterocycles. The van der Waals surface area contributed by atoms with Crippen LogP contribution in [0.2, 0.25) is 5.02 Å². The molecular formula is C19H17ClN4O. The molecular weight excluding hydrogens is 336 g/mol. The van der Waals surface area contributed by atoms with E-state index in [0.717, 1.165) is 27.9 Å². The average Bonchev–Trinajstić information content (AvgIpc) is 2.95. The van der Waals surface area contributed by atoms with Gasteiger partial charge in [0.2, 0.25) is 5.91 Å². The van der Waals surface area contributed by atoms with E-state index in [4.69, 9.17) is 11.6 Å². The number of pyridine rings is 1. The average molecular weight is 353 g/mol. The van der Waals surface area contributed by atoms with Crippen molar-refractivity contribution in [2.45, 2.75) is 13.8 Å². The Morgan fingerprint density at radius 3 is 2.68 bits per heavy atom. The number of nitrogens with one attached hydrogen (secondary N) is 2. The van der Waals surface area contributed by atoms with Crippen LogP contribution >= 0.6 is 11.6 Å². The van der Waals surface area contributed by atoms with E-state index in [1.165, 1.54) is 6.08 Å². The van der Waals surface area contributed by atoms with Gasteiger partial charge >= 0.3 is 0 Å². The second kappa shape index (κ2) is 7.32. The highest BCUT2D eigenvalue weighted by atomic mass is 35.5. The largest absolute Gasteiger partial charge is 0.307 e. The van der Waals surface area contributed by atoms with Crippen LogP contribution in [-0.4, -0.2) is 21.1 Å². The Balaban J connectivity index is 1.73. The zero-order valence-electron chi connectivity index (χ0n) is 13.9. The van der Waals surface area contributed by atoms with Crippen molar-refractivity contribution in [3.63, 3.8) is 0 Å². The van der Waals surface area contributed by atoms with Crippen LogP contribution in [0.1, 0.15) is 16.7 Å². The molecule has 0 aliphatic rings. The molecule has 0 aliphatic carbocycles. The third-order valence-corrected chi connectivity index (χ3v) is 4.09. The molecule has 0 aliphatic heterocycles. The van der Waals surface area contributed by atoms with Crippen LogP contribution in [0.15, 0.2) is 48.8 Å². The van der Waals surface area contributed by atoms with Crippen LogP contribution in [0.4, 0.5) is 5.82 Å². The second-order valence-electron chi connectivity index (χ2n) is 5.63. The maximum absolute atomic E-state index is 12.2. The Morgan fingerprint density at radius 1 is 1.20 bits per heavy atom. The summed E-state index contributed by atoms with van der Waals surface area (Å²) in [6.45, 7) is 3.85. The number of amides is 1. The Morgan fingerprint density at radius 2 is 1.96 bits per heavy atom. The predicted molar refractivity (Wildman–Crippen MR) is 100 cm³/mol. The normalized spacial score (nSPS) is 11.0. The maximum atomic E-state index is 12.2. The summed E-state index contributed by atoms with van der Waals surface area (Å²) in [5.41, 5.74) is 4.55. The van der Waals surface area contributed by atoms with E-state index in [2.05, 4.69) is 20.5 Å². The fourth-order valence-electron chi connectivity index (χ4n) is 2.47. The number of anilines is 1. The predicted octanol–water partition coefficient (Wildman–Crippen LogP) is 4.39. The number of aryl methyl sites for hydroxylation is 1. The lowest BCUT2D eigenvalue weighted by atomic mass is 10.1. The lowest BCUT2D eigenvalue weighted by Gasteiger charge is -2.02. The third kappa shape index (κ3) is 3.95. The molecule has 2 heterocycles. The molecule has 25 heavy (non-hydrogen) atoms. The number of hydrogen-bond acceptors (Lipinski definition) is 3. The summed E-state index contributed by atoms with van der Waals surface area (Å²) in [5, 5.41) is 10.6. The number of nitrogens with zero attached hydrogens (tertiary/aromatic N) is 2. The van der Waals surface area contributed by atoms with Gasteiger partial charge in [-0.3, -0.25) is 14.9 Å². The van der Waals surface area contributed by atoms with Crippen LogP contribution in [0.25, 0.3) is 17.3 Å². The molecule has 5 nitrogen and oxygen atoms in total. The molecule has 2 N–H and O–H groups in total. The number of halogens is 1. The van der Waals surface area contributed by atoms with E-state index in [0.29, 0.717) is 10.8 Å². The van der Waals surface area contributed by atoms with Gasteiger partial charge in [-0.1, -0.05) is 17.7 Å². The number of carbonyl (C=O) groups excluding carboxylic acids is 1. The molecule has 0 fully saturated rings. The molecule has 0 saturated carbocycles. The molecule has 1 aromatic carbocycles. The molecule has 0 bridgehead atoms. The zero-order valence-corrected chi connectivity index (χ0v) is 14.6. The summed E-state index contributed by atoms with van der Waals surface area (Å²) in [5.74, 6) is 0.344. The first kappa shape index (κ1) is 16.9. The van der Waals surface area contributed by atoms with Crippen LogP contribution in [-0.2, 0) is 4.79 Å². The highest BCUT2D eigenvalue weighted by Gasteiger charge is 2.12. The first-order chi connectivity index (χ1) is 12.0. The molecule has 0 spiro atoms. The van der Waals surface area contributed by atoms with E-state index >= 15 is 0 Å². The van der Waals surface area contributed by atoms with Gasteiger partial charge in [-0.25, -0.2) is 0 Å². The van der Waals surface area contributed by atoms with Gasteiger partial charge < -0.3 is 5.32 Å². The lowest BCUT2D eigenvalue weighted by Crippen LogP contribution is -2.09. The summed E-state index contributed by atoms with van der Waals surface area (Å²) in [4.78, 5) is 16.2. The molecule has 0 atom stereocenters. The standard InChI is InChI=1S/C19H17ClN4O/c1-12-11-16(20)5-3-14(12)4-6-17(25)22-19-13(2)18(23-24-19)15-7-9-21-10-8-15/h3-11H,1-2H3,(H2,22,23,24,25). The maximum Gasteiger partial charge on any atom is 0.249 e. The minimum Gasteiger partial charge on any atom is -0.307 e. The van der Waals surface area contributed by atoms with Crippen molar-refractivity contribution >= 4 is 29.4 Å². The first-order valence-electron chi connectivity index (χ1n) is 7.75. The summed E-state index contributed by atoms with van der Waals surface area (Å²) in [7, 11) is 0. The summed E-state index contributed by atoms with van der Waals surface area (Å²) in [6, 6.07) is 9.28. The van der Waals surface area contributed by atoms with Crippen molar-refractivity contribution in [2.75, 3.05) is 5.32 Å². The monoisotopic (exact) mass is 352 g/mol. The number of aromatic nitrogens is 3. The van der Waals surface area contributed by atoms with Crippen molar-refractivity contribution in [2.24, 2.45) is 0 Å². The lowest BCUT2D eigenvalue weighted by molar-refractivity contribution is -0.111. The van der Waals surface area contributed by atoms with E-state index in [-0.39, 0.29) is 5.91 Å². The van der Waals surface area contributed by atoms with Crippen LogP contribution in [0, 0.1) is 13.8 Å². The number of H-pyrrole nitrogens is 1. The smallest absolute Gasteiger partial charge is 0.249 e. The van der Waals surface area contributed by atoms with E-state index in [1.807, 2.05) is 38.1 Å². The highest BCUT2D eigenvalue weighted by molar-refractivity contribution is 6.30. The molecule has 126 valence electrons. The van der Waals surface area contributed by atoms with Crippen molar-refractivity contribution in [3.05, 3.63) is 70.5 Å². The summed E-state index contributed by atoms with van der Waals surface area (Å²) in [6.07, 6.45) is 6.66. The second-order valence-corrected chi connectivity index (χ2v) is 6.07. The van der Waals surface area contributed by atoms with Gasteiger partial charge in [0.15, 0.2) is 0 Å². The molecule has 0 unspecified atom stereocenters. The molecule has 0 radical (unpaired) electrons. The van der Waals surface area contributed by atoms with Crippen molar-refractivity contribution < 1.29 is 4.79 Å². The molecule has 1 amide bonds. The van der Waals surface area contributed by atoms with Crippen LogP contribution < -0.4 is 5.32 Å². The quantitative estimate of drug-likeness (QED) is 0.684.